The van der Waals surface area contributed by atoms with Crippen molar-refractivity contribution in [2.24, 2.45) is 0 Å². The number of ether oxygens (including phenoxy) is 1. The molecule has 0 aliphatic rings. The van der Waals surface area contributed by atoms with E-state index in [2.05, 4.69) is 42.7 Å². The number of rotatable bonds is 7. The van der Waals surface area contributed by atoms with Gasteiger partial charge in [-0.05, 0) is 18.2 Å². The van der Waals surface area contributed by atoms with Crippen LogP contribution in [0.5, 0.6) is 0 Å². The van der Waals surface area contributed by atoms with Gasteiger partial charge in [-0.25, -0.2) is 4.98 Å². The molecule has 1 heterocycles. The molecule has 2 rings (SSSR count). The first kappa shape index (κ1) is 14.8. The molecule has 0 atom stereocenters. The largest absolute Gasteiger partial charge is 0.383 e. The Labute approximate surface area is 129 Å². The maximum atomic E-state index is 4.97. The van der Waals surface area contributed by atoms with Gasteiger partial charge in [0.1, 0.15) is 0 Å². The normalized spacial score (nSPS) is 10.6. The van der Waals surface area contributed by atoms with Crippen molar-refractivity contribution in [2.45, 2.75) is 10.6 Å². The summed E-state index contributed by atoms with van der Waals surface area (Å²) in [6, 6.07) is 8.22. The number of nitrogens with one attached hydrogen (secondary N) is 1. The van der Waals surface area contributed by atoms with Crippen molar-refractivity contribution in [1.82, 2.24) is 9.36 Å². The Kier molecular flexibility index (Phi) is 6.09. The van der Waals surface area contributed by atoms with E-state index in [4.69, 9.17) is 4.74 Å². The first-order chi connectivity index (χ1) is 9.28. The molecule has 0 aliphatic heterocycles. The molecule has 0 bridgehead atoms. The number of nitrogens with zero attached hydrogens (tertiary/aromatic N) is 2. The van der Waals surface area contributed by atoms with Gasteiger partial charge in [0.25, 0.3) is 0 Å². The average molecular weight is 360 g/mol. The molecule has 0 fully saturated rings. The lowest BCUT2D eigenvalue weighted by molar-refractivity contribution is 0.211. The summed E-state index contributed by atoms with van der Waals surface area (Å²) in [5.74, 6) is 1.63. The second-order valence-corrected chi connectivity index (χ2v) is 6.40. The third kappa shape index (κ3) is 5.10. The van der Waals surface area contributed by atoms with Gasteiger partial charge in [0.2, 0.25) is 5.13 Å². The molecular weight excluding hydrogens is 346 g/mol. The lowest BCUT2D eigenvalue weighted by Crippen LogP contribution is -2.07. The van der Waals surface area contributed by atoms with Gasteiger partial charge in [-0.3, -0.25) is 0 Å². The number of thioether (sulfide) groups is 1. The van der Waals surface area contributed by atoms with Crippen LogP contribution in [0.1, 0.15) is 5.82 Å². The number of anilines is 1. The molecule has 0 radical (unpaired) electrons. The van der Waals surface area contributed by atoms with E-state index in [9.17, 15) is 0 Å². The van der Waals surface area contributed by atoms with Crippen molar-refractivity contribution in [1.29, 1.82) is 0 Å². The molecule has 1 aromatic carbocycles. The smallest absolute Gasteiger partial charge is 0.202 e. The quantitative estimate of drug-likeness (QED) is 0.603. The first-order valence-corrected chi connectivity index (χ1v) is 8.27. The van der Waals surface area contributed by atoms with Crippen LogP contribution in [0.3, 0.4) is 0 Å². The number of hydrogen-bond acceptors (Lipinski definition) is 6. The zero-order valence-electron chi connectivity index (χ0n) is 10.4. The minimum absolute atomic E-state index is 0.668. The van der Waals surface area contributed by atoms with Gasteiger partial charge in [0.15, 0.2) is 5.82 Å². The van der Waals surface area contributed by atoms with Gasteiger partial charge in [-0.15, -0.1) is 11.8 Å². The highest BCUT2D eigenvalue weighted by atomic mass is 79.9. The van der Waals surface area contributed by atoms with Gasteiger partial charge in [-0.2, -0.15) is 4.37 Å². The Morgan fingerprint density at radius 2 is 2.37 bits per heavy atom. The number of aromatic nitrogens is 2. The third-order valence-corrected chi connectivity index (χ3v) is 4.41. The zero-order valence-corrected chi connectivity index (χ0v) is 13.6. The topological polar surface area (TPSA) is 47.0 Å². The summed E-state index contributed by atoms with van der Waals surface area (Å²) in [5.41, 5.74) is 0. The number of methoxy groups -OCH3 is 1. The minimum Gasteiger partial charge on any atom is -0.383 e. The van der Waals surface area contributed by atoms with Crippen LogP contribution in [-0.4, -0.2) is 29.6 Å². The summed E-state index contributed by atoms with van der Waals surface area (Å²) in [7, 11) is 1.68. The summed E-state index contributed by atoms with van der Waals surface area (Å²) in [6.07, 6.45) is 0. The zero-order chi connectivity index (χ0) is 13.5. The second kappa shape index (κ2) is 7.84. The Morgan fingerprint density at radius 3 is 3.16 bits per heavy atom. The minimum atomic E-state index is 0.668. The van der Waals surface area contributed by atoms with Gasteiger partial charge in [0.05, 0.1) is 12.4 Å². The molecular formula is C12H14BrN3OS2. The fourth-order valence-corrected chi connectivity index (χ4v) is 3.40. The predicted molar refractivity (Wildman–Crippen MR) is 84.0 cm³/mol. The molecule has 19 heavy (non-hydrogen) atoms. The third-order valence-electron chi connectivity index (χ3n) is 2.21. The molecule has 0 spiro atoms. The summed E-state index contributed by atoms with van der Waals surface area (Å²) in [4.78, 5) is 5.63. The Hall–Kier alpha value is -0.630. The summed E-state index contributed by atoms with van der Waals surface area (Å²) >= 11 is 6.58. The van der Waals surface area contributed by atoms with Crippen LogP contribution in [0, 0.1) is 0 Å². The van der Waals surface area contributed by atoms with Crippen molar-refractivity contribution >= 4 is 44.4 Å². The fraction of sp³-hybridized carbons (Fsp3) is 0.333. The number of hydrogen-bond donors (Lipinski definition) is 1. The number of benzene rings is 1. The SMILES string of the molecule is COCCNc1nc(CSc2cccc(Br)c2)ns1. The van der Waals surface area contributed by atoms with Crippen LogP contribution < -0.4 is 5.32 Å². The lowest BCUT2D eigenvalue weighted by atomic mass is 10.4. The van der Waals surface area contributed by atoms with E-state index in [1.807, 2.05) is 12.1 Å². The van der Waals surface area contributed by atoms with E-state index < -0.39 is 0 Å². The van der Waals surface area contributed by atoms with Crippen molar-refractivity contribution in [3.63, 3.8) is 0 Å². The predicted octanol–water partition coefficient (Wildman–Crippen LogP) is 3.65. The van der Waals surface area contributed by atoms with Crippen LogP contribution in [-0.2, 0) is 10.5 Å². The maximum Gasteiger partial charge on any atom is 0.202 e. The highest BCUT2D eigenvalue weighted by Gasteiger charge is 2.04. The molecule has 1 aromatic heterocycles. The summed E-state index contributed by atoms with van der Waals surface area (Å²) in [6.45, 7) is 1.42. The lowest BCUT2D eigenvalue weighted by Gasteiger charge is -2.00. The van der Waals surface area contributed by atoms with Gasteiger partial charge < -0.3 is 10.1 Å². The number of halogens is 1. The van der Waals surface area contributed by atoms with E-state index in [0.29, 0.717) is 6.61 Å². The van der Waals surface area contributed by atoms with Crippen molar-refractivity contribution < 1.29 is 4.74 Å². The van der Waals surface area contributed by atoms with Crippen molar-refractivity contribution in [2.75, 3.05) is 25.6 Å². The average Bonchev–Trinajstić information content (AvgIpc) is 2.85. The molecule has 0 saturated carbocycles. The van der Waals surface area contributed by atoms with Gasteiger partial charge in [-0.1, -0.05) is 22.0 Å². The second-order valence-electron chi connectivity index (χ2n) is 3.68. The van der Waals surface area contributed by atoms with E-state index in [1.165, 1.54) is 16.4 Å². The molecule has 0 unspecified atom stereocenters. The van der Waals surface area contributed by atoms with E-state index in [0.717, 1.165) is 27.7 Å². The standard InChI is InChI=1S/C12H14BrN3OS2/c1-17-6-5-14-12-15-11(16-19-12)8-18-10-4-2-3-9(13)7-10/h2-4,7H,5-6,8H2,1H3,(H,14,15,16). The molecule has 4 nitrogen and oxygen atoms in total. The highest BCUT2D eigenvalue weighted by Crippen LogP contribution is 2.25. The van der Waals surface area contributed by atoms with E-state index in [-0.39, 0.29) is 0 Å². The summed E-state index contributed by atoms with van der Waals surface area (Å²) in [5, 5.41) is 4.03. The van der Waals surface area contributed by atoms with Crippen LogP contribution in [0.4, 0.5) is 5.13 Å². The van der Waals surface area contributed by atoms with E-state index in [1.54, 1.807) is 18.9 Å². The Balaban J connectivity index is 1.83. The molecule has 7 heteroatoms. The van der Waals surface area contributed by atoms with Crippen LogP contribution in [0.2, 0.25) is 0 Å². The summed E-state index contributed by atoms with van der Waals surface area (Å²) < 4.78 is 10.4. The van der Waals surface area contributed by atoms with Crippen molar-refractivity contribution in [3.05, 3.63) is 34.6 Å². The van der Waals surface area contributed by atoms with Gasteiger partial charge >= 0.3 is 0 Å². The molecule has 1 N–H and O–H groups in total. The van der Waals surface area contributed by atoms with Gasteiger partial charge in [0, 0.05) is 34.6 Å². The van der Waals surface area contributed by atoms with E-state index >= 15 is 0 Å². The first-order valence-electron chi connectivity index (χ1n) is 5.71. The molecule has 0 aliphatic carbocycles. The highest BCUT2D eigenvalue weighted by molar-refractivity contribution is 9.10. The Morgan fingerprint density at radius 1 is 1.47 bits per heavy atom. The fourth-order valence-electron chi connectivity index (χ4n) is 1.35. The van der Waals surface area contributed by atoms with Crippen LogP contribution >= 0.6 is 39.2 Å². The molecule has 0 saturated heterocycles. The maximum absolute atomic E-state index is 4.97. The van der Waals surface area contributed by atoms with Crippen LogP contribution in [0.25, 0.3) is 0 Å². The van der Waals surface area contributed by atoms with Crippen LogP contribution in [0.15, 0.2) is 33.6 Å². The molecule has 0 amide bonds. The molecule has 2 aromatic rings. The monoisotopic (exact) mass is 359 g/mol. The molecule has 102 valence electrons. The Bertz CT molecular complexity index is 521. The van der Waals surface area contributed by atoms with Crippen molar-refractivity contribution in [3.8, 4) is 0 Å².